The van der Waals surface area contributed by atoms with E-state index in [2.05, 4.69) is 20.9 Å². The predicted molar refractivity (Wildman–Crippen MR) is 167 cm³/mol. The number of aromatic amines is 1. The summed E-state index contributed by atoms with van der Waals surface area (Å²) in [5.74, 6) is 0.414. The van der Waals surface area contributed by atoms with E-state index in [4.69, 9.17) is 9.47 Å². The molecule has 4 aromatic carbocycles. The van der Waals surface area contributed by atoms with Crippen LogP contribution < -0.4 is 25.4 Å². The lowest BCUT2D eigenvalue weighted by Crippen LogP contribution is -2.30. The van der Waals surface area contributed by atoms with Crippen molar-refractivity contribution >= 4 is 57.8 Å². The molecule has 4 N–H and O–H groups in total. The van der Waals surface area contributed by atoms with Crippen molar-refractivity contribution in [1.29, 1.82) is 0 Å². The van der Waals surface area contributed by atoms with Crippen molar-refractivity contribution in [1.82, 2.24) is 10.3 Å². The van der Waals surface area contributed by atoms with Crippen molar-refractivity contribution in [3.63, 3.8) is 0 Å². The number of nitrogens with one attached hydrogen (secondary N) is 4. The molecule has 0 unspecified atom stereocenters. The Bertz CT molecular complexity index is 1830. The predicted octanol–water partition coefficient (Wildman–Crippen LogP) is 6.04. The third-order valence-corrected chi connectivity index (χ3v) is 7.60. The number of para-hydroxylation sites is 1. The zero-order valence-electron chi connectivity index (χ0n) is 22.8. The van der Waals surface area contributed by atoms with Crippen LogP contribution in [0.5, 0.6) is 11.5 Å². The van der Waals surface area contributed by atoms with Crippen molar-refractivity contribution in [2.24, 2.45) is 0 Å². The molecule has 2 heterocycles. The Morgan fingerprint density at radius 3 is 2.40 bits per heavy atom. The van der Waals surface area contributed by atoms with E-state index in [0.29, 0.717) is 28.4 Å². The van der Waals surface area contributed by atoms with Crippen LogP contribution in [0.15, 0.2) is 114 Å². The maximum absolute atomic E-state index is 13.4. The fraction of sp³-hybridized carbons (Fsp3) is 0.0606. The van der Waals surface area contributed by atoms with Crippen LogP contribution in [0, 0.1) is 0 Å². The number of benzene rings is 4. The van der Waals surface area contributed by atoms with E-state index >= 15 is 0 Å². The molecule has 0 radical (unpaired) electrons. The van der Waals surface area contributed by atoms with Crippen LogP contribution in [0.4, 0.5) is 11.4 Å². The van der Waals surface area contributed by atoms with Crippen molar-refractivity contribution < 1.29 is 23.9 Å². The van der Waals surface area contributed by atoms with Crippen LogP contribution >= 0.6 is 11.8 Å². The first-order valence-corrected chi connectivity index (χ1v) is 14.4. The summed E-state index contributed by atoms with van der Waals surface area (Å²) in [6.45, 7) is 0.170. The van der Waals surface area contributed by atoms with Crippen LogP contribution in [0.25, 0.3) is 17.0 Å². The maximum Gasteiger partial charge on any atom is 0.272 e. The van der Waals surface area contributed by atoms with Crippen LogP contribution in [0.2, 0.25) is 0 Å². The van der Waals surface area contributed by atoms with Crippen molar-refractivity contribution in [2.45, 2.75) is 4.90 Å². The first kappa shape index (κ1) is 27.7. The minimum atomic E-state index is -0.474. The molecule has 43 heavy (non-hydrogen) atoms. The Kier molecular flexibility index (Phi) is 8.10. The molecule has 0 saturated heterocycles. The summed E-state index contributed by atoms with van der Waals surface area (Å²) in [6, 6.07) is 28.8. The molecule has 0 spiro atoms. The lowest BCUT2D eigenvalue weighted by molar-refractivity contribution is -0.114. The molecule has 10 heteroatoms. The third-order valence-electron chi connectivity index (χ3n) is 6.59. The molecular formula is C33H26N4O5S. The molecule has 1 aliphatic heterocycles. The smallest absolute Gasteiger partial charge is 0.272 e. The van der Waals surface area contributed by atoms with Crippen LogP contribution in [0.1, 0.15) is 15.9 Å². The normalized spacial score (nSPS) is 12.1. The van der Waals surface area contributed by atoms with E-state index in [-0.39, 0.29) is 24.2 Å². The van der Waals surface area contributed by atoms with Crippen molar-refractivity contribution in [3.8, 4) is 11.5 Å². The highest BCUT2D eigenvalue weighted by Gasteiger charge is 2.17. The van der Waals surface area contributed by atoms with Crippen LogP contribution in [-0.2, 0) is 9.59 Å². The van der Waals surface area contributed by atoms with E-state index < -0.39 is 11.8 Å². The molecule has 0 aliphatic carbocycles. The van der Waals surface area contributed by atoms with Gasteiger partial charge in [-0.15, -0.1) is 11.8 Å². The number of thioether (sulfide) groups is 1. The summed E-state index contributed by atoms with van der Waals surface area (Å²) >= 11 is 1.36. The highest BCUT2D eigenvalue weighted by Crippen LogP contribution is 2.34. The fourth-order valence-electron chi connectivity index (χ4n) is 4.46. The SMILES string of the molecule is O=C(CSc1ccc(NC(=O)/C(=C/c2c[nH]c3ccccc23)NC(=O)c2ccccc2)cc1)Nc1ccc2c(c1)OCO2. The van der Waals surface area contributed by atoms with Gasteiger partial charge in [-0.25, -0.2) is 0 Å². The quantitative estimate of drug-likeness (QED) is 0.123. The van der Waals surface area contributed by atoms with E-state index in [1.807, 2.05) is 42.5 Å². The Morgan fingerprint density at radius 1 is 0.814 bits per heavy atom. The van der Waals surface area contributed by atoms with Crippen LogP contribution in [-0.4, -0.2) is 35.3 Å². The summed E-state index contributed by atoms with van der Waals surface area (Å²) in [5, 5.41) is 9.40. The van der Waals surface area contributed by atoms with Gasteiger partial charge in [-0.3, -0.25) is 14.4 Å². The molecule has 0 bridgehead atoms. The van der Waals surface area contributed by atoms with Gasteiger partial charge in [0.25, 0.3) is 11.8 Å². The van der Waals surface area contributed by atoms with E-state index in [1.54, 1.807) is 66.9 Å². The van der Waals surface area contributed by atoms with Crippen molar-refractivity contribution in [3.05, 3.63) is 120 Å². The number of amides is 3. The zero-order valence-corrected chi connectivity index (χ0v) is 23.6. The second-order valence-electron chi connectivity index (χ2n) is 9.55. The lowest BCUT2D eigenvalue weighted by atomic mass is 10.1. The highest BCUT2D eigenvalue weighted by molar-refractivity contribution is 8.00. The molecule has 5 aromatic rings. The number of fused-ring (bicyclic) bond motifs is 2. The zero-order chi connectivity index (χ0) is 29.6. The van der Waals surface area contributed by atoms with Gasteiger partial charge < -0.3 is 30.4 Å². The Morgan fingerprint density at radius 2 is 1.56 bits per heavy atom. The third kappa shape index (κ3) is 6.71. The number of hydrogen-bond donors (Lipinski definition) is 4. The molecule has 6 rings (SSSR count). The summed E-state index contributed by atoms with van der Waals surface area (Å²) in [5.41, 5.74) is 3.38. The maximum atomic E-state index is 13.4. The summed E-state index contributed by atoms with van der Waals surface area (Å²) < 4.78 is 10.6. The number of anilines is 2. The van der Waals surface area contributed by atoms with Gasteiger partial charge in [0.1, 0.15) is 5.70 Å². The van der Waals surface area contributed by atoms with Gasteiger partial charge in [-0.05, 0) is 60.7 Å². The molecule has 214 valence electrons. The number of hydrogen-bond acceptors (Lipinski definition) is 6. The lowest BCUT2D eigenvalue weighted by Gasteiger charge is -2.12. The molecule has 3 amide bonds. The Balaban J connectivity index is 1.11. The summed E-state index contributed by atoms with van der Waals surface area (Å²) in [6.07, 6.45) is 3.44. The van der Waals surface area contributed by atoms with Crippen molar-refractivity contribution in [2.75, 3.05) is 23.2 Å². The number of carbonyl (C=O) groups excluding carboxylic acids is 3. The first-order chi connectivity index (χ1) is 21.0. The van der Waals surface area contributed by atoms with Gasteiger partial charge in [0.2, 0.25) is 12.7 Å². The van der Waals surface area contributed by atoms with Gasteiger partial charge in [0.05, 0.1) is 5.75 Å². The average molecular weight is 591 g/mol. The molecule has 1 aliphatic rings. The second kappa shape index (κ2) is 12.6. The summed E-state index contributed by atoms with van der Waals surface area (Å²) in [7, 11) is 0. The molecule has 0 fully saturated rings. The largest absolute Gasteiger partial charge is 0.454 e. The molecular weight excluding hydrogens is 564 g/mol. The van der Waals surface area contributed by atoms with E-state index in [9.17, 15) is 14.4 Å². The Hall–Kier alpha value is -5.48. The van der Waals surface area contributed by atoms with Gasteiger partial charge in [0, 0.05) is 50.6 Å². The fourth-order valence-corrected chi connectivity index (χ4v) is 5.16. The van der Waals surface area contributed by atoms with Crippen LogP contribution in [0.3, 0.4) is 0 Å². The summed E-state index contributed by atoms with van der Waals surface area (Å²) in [4.78, 5) is 42.9. The minimum Gasteiger partial charge on any atom is -0.454 e. The number of H-pyrrole nitrogens is 1. The first-order valence-electron chi connectivity index (χ1n) is 13.4. The second-order valence-corrected chi connectivity index (χ2v) is 10.6. The number of carbonyl (C=O) groups is 3. The molecule has 0 atom stereocenters. The number of ether oxygens (including phenoxy) is 2. The Labute approximate surface area is 251 Å². The minimum absolute atomic E-state index is 0.0947. The van der Waals surface area contributed by atoms with Gasteiger partial charge in [0.15, 0.2) is 11.5 Å². The topological polar surface area (TPSA) is 122 Å². The van der Waals surface area contributed by atoms with Gasteiger partial charge in [-0.1, -0.05) is 36.4 Å². The average Bonchev–Trinajstić information content (AvgIpc) is 3.67. The number of aromatic nitrogens is 1. The molecule has 1 aromatic heterocycles. The highest BCUT2D eigenvalue weighted by atomic mass is 32.2. The molecule has 0 saturated carbocycles. The monoisotopic (exact) mass is 590 g/mol. The molecule has 9 nitrogen and oxygen atoms in total. The van der Waals surface area contributed by atoms with Gasteiger partial charge >= 0.3 is 0 Å². The number of rotatable bonds is 9. The van der Waals surface area contributed by atoms with E-state index in [0.717, 1.165) is 21.4 Å². The van der Waals surface area contributed by atoms with E-state index in [1.165, 1.54) is 11.8 Å². The standard InChI is InChI=1S/C33H26N4O5S/c38-31(35-24-12-15-29-30(17-24)42-20-41-29)19-43-25-13-10-23(11-14-25)36-33(40)28(37-32(39)21-6-2-1-3-7-21)16-22-18-34-27-9-5-4-8-26(22)27/h1-18,34H,19-20H2,(H,35,38)(H,36,40)(H,37,39)/b28-16-. The van der Waals surface area contributed by atoms with Gasteiger partial charge in [-0.2, -0.15) is 0 Å².